The number of nitrogens with zero attached hydrogens (tertiary/aromatic N) is 5. The molecule has 9 heteroatoms. The highest BCUT2D eigenvalue weighted by atomic mass is 16.5. The van der Waals surface area contributed by atoms with Crippen molar-refractivity contribution in [2.24, 2.45) is 0 Å². The molecule has 9 nitrogen and oxygen atoms in total. The number of tetrazole rings is 1. The van der Waals surface area contributed by atoms with Crippen LogP contribution in [0.3, 0.4) is 0 Å². The molecule has 0 fully saturated rings. The molecular weight excluding hydrogens is 420 g/mol. The van der Waals surface area contributed by atoms with E-state index in [1.165, 1.54) is 7.11 Å². The van der Waals surface area contributed by atoms with Crippen LogP contribution in [0.5, 0.6) is 5.75 Å². The van der Waals surface area contributed by atoms with E-state index in [1.54, 1.807) is 23.0 Å². The first kappa shape index (κ1) is 19.2. The number of fused-ring (bicyclic) bond motifs is 3. The molecule has 0 unspecified atom stereocenters. The highest BCUT2D eigenvalue weighted by molar-refractivity contribution is 5.89. The maximum Gasteiger partial charge on any atom is 0.337 e. The Morgan fingerprint density at radius 2 is 1.91 bits per heavy atom. The molecule has 0 spiro atoms. The Morgan fingerprint density at radius 1 is 1.06 bits per heavy atom. The fourth-order valence-electron chi connectivity index (χ4n) is 4.38. The number of aromatic nitrogens is 5. The van der Waals surface area contributed by atoms with Crippen LogP contribution in [0.2, 0.25) is 0 Å². The average Bonchev–Trinajstić information content (AvgIpc) is 3.35. The molecule has 0 aliphatic carbocycles. The molecule has 33 heavy (non-hydrogen) atoms. The molecule has 2 aromatic carbocycles. The summed E-state index contributed by atoms with van der Waals surface area (Å²) in [7, 11) is 1.37. The van der Waals surface area contributed by atoms with Gasteiger partial charge in [0.05, 0.1) is 18.4 Å². The summed E-state index contributed by atoms with van der Waals surface area (Å²) in [5.41, 5.74) is 5.07. The normalized spacial score (nSPS) is 18.3. The monoisotopic (exact) mass is 438 g/mol. The minimum absolute atomic E-state index is 0.335. The number of anilines is 1. The van der Waals surface area contributed by atoms with E-state index in [-0.39, 0.29) is 12.0 Å². The summed E-state index contributed by atoms with van der Waals surface area (Å²) in [6.07, 6.45) is 3.09. The number of benzene rings is 2. The Morgan fingerprint density at radius 3 is 2.70 bits per heavy atom. The summed E-state index contributed by atoms with van der Waals surface area (Å²) < 4.78 is 13.1. The Labute approximate surface area is 188 Å². The third kappa shape index (κ3) is 3.05. The standard InChI is InChI=1S/C24H18N6O3/c1-32-23(31)15-10-8-14(9-11-15)22-19-20(17-6-2-3-7-18(17)33-22)26-24-27-28-29-30(24)21(19)16-5-4-12-25-13-16/h2-13,21-22H,1H3,(H,26,27,29)/t21-,22+/m1/s1. The lowest BCUT2D eigenvalue weighted by Crippen LogP contribution is -2.32. The van der Waals surface area contributed by atoms with Crippen molar-refractivity contribution >= 4 is 17.6 Å². The first-order valence-electron chi connectivity index (χ1n) is 10.4. The zero-order chi connectivity index (χ0) is 22.4. The Kier molecular flexibility index (Phi) is 4.39. The Bertz CT molecular complexity index is 1380. The van der Waals surface area contributed by atoms with E-state index in [4.69, 9.17) is 9.47 Å². The number of rotatable bonds is 3. The van der Waals surface area contributed by atoms with E-state index in [0.717, 1.165) is 33.7 Å². The summed E-state index contributed by atoms with van der Waals surface area (Å²) in [5.74, 6) is 0.901. The van der Waals surface area contributed by atoms with Gasteiger partial charge in [-0.2, -0.15) is 4.68 Å². The predicted octanol–water partition coefficient (Wildman–Crippen LogP) is 3.41. The van der Waals surface area contributed by atoms with Crippen LogP contribution in [0.4, 0.5) is 5.95 Å². The zero-order valence-electron chi connectivity index (χ0n) is 17.5. The van der Waals surface area contributed by atoms with Crippen molar-refractivity contribution in [3.8, 4) is 5.75 Å². The van der Waals surface area contributed by atoms with Crippen molar-refractivity contribution in [2.45, 2.75) is 12.1 Å². The Hall–Kier alpha value is -4.53. The molecule has 2 atom stereocenters. The summed E-state index contributed by atoms with van der Waals surface area (Å²) >= 11 is 0. The molecule has 4 heterocycles. The van der Waals surface area contributed by atoms with Crippen LogP contribution in [0.25, 0.3) is 5.70 Å². The quantitative estimate of drug-likeness (QED) is 0.485. The van der Waals surface area contributed by atoms with Gasteiger partial charge >= 0.3 is 5.97 Å². The number of pyridine rings is 1. The van der Waals surface area contributed by atoms with E-state index < -0.39 is 6.10 Å². The number of hydrogen-bond donors (Lipinski definition) is 1. The molecule has 162 valence electrons. The van der Waals surface area contributed by atoms with E-state index in [2.05, 4.69) is 25.8 Å². The molecule has 0 saturated heterocycles. The lowest BCUT2D eigenvalue weighted by molar-refractivity contribution is 0.0600. The van der Waals surface area contributed by atoms with Gasteiger partial charge in [-0.15, -0.1) is 0 Å². The van der Waals surface area contributed by atoms with Crippen LogP contribution in [-0.2, 0) is 4.74 Å². The summed E-state index contributed by atoms with van der Waals surface area (Å²) in [5, 5.41) is 15.7. The SMILES string of the molecule is COC(=O)c1ccc([C@@H]2Oc3ccccc3C3=C2[C@@H](c2cccnc2)n2nnnc2N3)cc1. The number of para-hydroxylation sites is 1. The van der Waals surface area contributed by atoms with Crippen LogP contribution in [0, 0.1) is 0 Å². The van der Waals surface area contributed by atoms with Crippen LogP contribution in [0.1, 0.15) is 39.2 Å². The minimum atomic E-state index is -0.448. The maximum atomic E-state index is 11.9. The molecular formula is C24H18N6O3. The smallest absolute Gasteiger partial charge is 0.337 e. The average molecular weight is 438 g/mol. The summed E-state index contributed by atoms with van der Waals surface area (Å²) in [6.45, 7) is 0. The van der Waals surface area contributed by atoms with Crippen LogP contribution in [0.15, 0.2) is 78.6 Å². The van der Waals surface area contributed by atoms with Gasteiger partial charge < -0.3 is 14.8 Å². The fraction of sp³-hybridized carbons (Fsp3) is 0.125. The Balaban J connectivity index is 1.56. The van der Waals surface area contributed by atoms with Crippen LogP contribution < -0.4 is 10.1 Å². The highest BCUT2D eigenvalue weighted by Crippen LogP contribution is 2.50. The van der Waals surface area contributed by atoms with Gasteiger partial charge in [-0.1, -0.05) is 35.4 Å². The summed E-state index contributed by atoms with van der Waals surface area (Å²) in [6, 6.07) is 18.6. The van der Waals surface area contributed by atoms with E-state index in [1.807, 2.05) is 54.7 Å². The van der Waals surface area contributed by atoms with Gasteiger partial charge in [0.1, 0.15) is 17.9 Å². The van der Waals surface area contributed by atoms with E-state index in [0.29, 0.717) is 11.5 Å². The molecule has 2 aliphatic heterocycles. The molecule has 0 amide bonds. The largest absolute Gasteiger partial charge is 0.480 e. The lowest BCUT2D eigenvalue weighted by atomic mass is 9.85. The fourth-order valence-corrected chi connectivity index (χ4v) is 4.38. The number of carbonyl (C=O) groups excluding carboxylic acids is 1. The predicted molar refractivity (Wildman–Crippen MR) is 118 cm³/mol. The highest BCUT2D eigenvalue weighted by Gasteiger charge is 2.41. The molecule has 0 saturated carbocycles. The molecule has 0 radical (unpaired) electrons. The van der Waals surface area contributed by atoms with Crippen molar-refractivity contribution in [3.63, 3.8) is 0 Å². The second kappa shape index (κ2) is 7.56. The van der Waals surface area contributed by atoms with E-state index in [9.17, 15) is 4.79 Å². The second-order valence-electron chi connectivity index (χ2n) is 7.70. The topological polar surface area (TPSA) is 104 Å². The molecule has 0 bridgehead atoms. The zero-order valence-corrected chi connectivity index (χ0v) is 17.5. The van der Waals surface area contributed by atoms with Gasteiger partial charge in [0.15, 0.2) is 0 Å². The van der Waals surface area contributed by atoms with Crippen molar-refractivity contribution in [2.75, 3.05) is 12.4 Å². The van der Waals surface area contributed by atoms with Gasteiger partial charge in [0.2, 0.25) is 5.95 Å². The first-order valence-corrected chi connectivity index (χ1v) is 10.4. The molecule has 6 rings (SSSR count). The number of methoxy groups -OCH3 is 1. The number of ether oxygens (including phenoxy) is 2. The van der Waals surface area contributed by atoms with Gasteiger partial charge in [-0.3, -0.25) is 4.98 Å². The summed E-state index contributed by atoms with van der Waals surface area (Å²) in [4.78, 5) is 16.3. The van der Waals surface area contributed by atoms with Gasteiger partial charge in [-0.05, 0) is 51.9 Å². The van der Waals surface area contributed by atoms with Crippen molar-refractivity contribution in [1.29, 1.82) is 0 Å². The van der Waals surface area contributed by atoms with Crippen molar-refractivity contribution in [3.05, 3.63) is 101 Å². The number of carbonyl (C=O) groups is 1. The number of hydrogen-bond acceptors (Lipinski definition) is 8. The first-order chi connectivity index (χ1) is 16.2. The van der Waals surface area contributed by atoms with Gasteiger partial charge in [0.25, 0.3) is 0 Å². The molecule has 1 N–H and O–H groups in total. The maximum absolute atomic E-state index is 11.9. The molecule has 4 aromatic rings. The van der Waals surface area contributed by atoms with Crippen molar-refractivity contribution in [1.82, 2.24) is 25.2 Å². The van der Waals surface area contributed by atoms with Gasteiger partial charge in [0, 0.05) is 23.5 Å². The minimum Gasteiger partial charge on any atom is -0.480 e. The second-order valence-corrected chi connectivity index (χ2v) is 7.70. The van der Waals surface area contributed by atoms with Crippen LogP contribution >= 0.6 is 0 Å². The van der Waals surface area contributed by atoms with Crippen LogP contribution in [-0.4, -0.2) is 38.3 Å². The van der Waals surface area contributed by atoms with E-state index >= 15 is 0 Å². The number of nitrogens with one attached hydrogen (secondary N) is 1. The molecule has 2 aliphatic rings. The third-order valence-electron chi connectivity index (χ3n) is 5.88. The van der Waals surface area contributed by atoms with Gasteiger partial charge in [-0.25, -0.2) is 4.79 Å². The molecule has 2 aromatic heterocycles. The number of esters is 1. The lowest BCUT2D eigenvalue weighted by Gasteiger charge is -2.38. The third-order valence-corrected chi connectivity index (χ3v) is 5.88. The van der Waals surface area contributed by atoms with Crippen molar-refractivity contribution < 1.29 is 14.3 Å².